The van der Waals surface area contributed by atoms with Gasteiger partial charge in [0.2, 0.25) is 0 Å². The van der Waals surface area contributed by atoms with Gasteiger partial charge < -0.3 is 4.90 Å². The highest BCUT2D eigenvalue weighted by atomic mass is 32.2. The largest absolute Gasteiger partial charge is 0.329 e. The van der Waals surface area contributed by atoms with Gasteiger partial charge in [0.15, 0.2) is 0 Å². The summed E-state index contributed by atoms with van der Waals surface area (Å²) in [5, 5.41) is 0.304. The van der Waals surface area contributed by atoms with Gasteiger partial charge in [0, 0.05) is 7.05 Å². The monoisotopic (exact) mass is 157 g/mol. The van der Waals surface area contributed by atoms with E-state index in [1.165, 1.54) is 0 Å². The van der Waals surface area contributed by atoms with Gasteiger partial charge >= 0.3 is 0 Å². The lowest BCUT2D eigenvalue weighted by Crippen LogP contribution is -2.25. The maximum Gasteiger partial charge on any atom is 0.260 e. The molecule has 1 heterocycles. The zero-order chi connectivity index (χ0) is 7.72. The number of thioether (sulfide) groups is 1. The summed E-state index contributed by atoms with van der Waals surface area (Å²) >= 11 is 1.62. The fourth-order valence-electron chi connectivity index (χ4n) is 0.844. The Kier molecular flexibility index (Phi) is 2.04. The first-order chi connectivity index (χ1) is 4.66. The SMILES string of the molecule is C/C=C1\SC(C)N(C)C1=O. The average molecular weight is 157 g/mol. The highest BCUT2D eigenvalue weighted by Crippen LogP contribution is 2.32. The van der Waals surface area contributed by atoms with Crippen LogP contribution >= 0.6 is 11.8 Å². The van der Waals surface area contributed by atoms with Crippen molar-refractivity contribution >= 4 is 17.7 Å². The molecule has 56 valence electrons. The van der Waals surface area contributed by atoms with Crippen LogP contribution in [-0.2, 0) is 4.79 Å². The average Bonchev–Trinajstić information content (AvgIpc) is 2.17. The Morgan fingerprint density at radius 2 is 2.30 bits per heavy atom. The van der Waals surface area contributed by atoms with Crippen molar-refractivity contribution in [1.29, 1.82) is 0 Å². The molecule has 1 aliphatic rings. The molecule has 2 nitrogen and oxygen atoms in total. The molecule has 0 spiro atoms. The van der Waals surface area contributed by atoms with Gasteiger partial charge in [-0.05, 0) is 13.8 Å². The van der Waals surface area contributed by atoms with Crippen molar-refractivity contribution in [3.63, 3.8) is 0 Å². The van der Waals surface area contributed by atoms with E-state index in [0.717, 1.165) is 4.91 Å². The molecule has 1 rings (SSSR count). The minimum Gasteiger partial charge on any atom is -0.329 e. The predicted molar refractivity (Wildman–Crippen MR) is 43.6 cm³/mol. The van der Waals surface area contributed by atoms with Crippen molar-refractivity contribution in [1.82, 2.24) is 4.90 Å². The Morgan fingerprint density at radius 1 is 1.70 bits per heavy atom. The highest BCUT2D eigenvalue weighted by Gasteiger charge is 2.28. The lowest BCUT2D eigenvalue weighted by atomic mass is 10.4. The van der Waals surface area contributed by atoms with E-state index < -0.39 is 0 Å². The molecule has 1 amide bonds. The van der Waals surface area contributed by atoms with E-state index in [1.807, 2.05) is 27.0 Å². The van der Waals surface area contributed by atoms with Crippen molar-refractivity contribution in [2.24, 2.45) is 0 Å². The first-order valence-electron chi connectivity index (χ1n) is 3.27. The molecule has 0 bridgehead atoms. The third-order valence-corrected chi connectivity index (χ3v) is 2.96. The summed E-state index contributed by atoms with van der Waals surface area (Å²) in [6.07, 6.45) is 1.87. The minimum atomic E-state index is 0.153. The third-order valence-electron chi connectivity index (χ3n) is 1.64. The highest BCUT2D eigenvalue weighted by molar-refractivity contribution is 8.05. The molecule has 0 aromatic carbocycles. The number of likely N-dealkylation sites (N-methyl/N-ethyl adjacent to an activating group) is 1. The van der Waals surface area contributed by atoms with Crippen LogP contribution in [0.2, 0.25) is 0 Å². The molecular formula is C7H11NOS. The van der Waals surface area contributed by atoms with E-state index in [2.05, 4.69) is 0 Å². The number of nitrogens with zero attached hydrogens (tertiary/aromatic N) is 1. The number of amides is 1. The van der Waals surface area contributed by atoms with E-state index in [9.17, 15) is 4.79 Å². The molecule has 0 aromatic rings. The first kappa shape index (κ1) is 7.66. The first-order valence-corrected chi connectivity index (χ1v) is 4.15. The van der Waals surface area contributed by atoms with Gasteiger partial charge in [-0.3, -0.25) is 4.79 Å². The smallest absolute Gasteiger partial charge is 0.260 e. The van der Waals surface area contributed by atoms with Crippen molar-refractivity contribution < 1.29 is 4.79 Å². The molecule has 10 heavy (non-hydrogen) atoms. The topological polar surface area (TPSA) is 20.3 Å². The van der Waals surface area contributed by atoms with Crippen molar-refractivity contribution in [3.8, 4) is 0 Å². The Bertz CT molecular complexity index is 188. The maximum absolute atomic E-state index is 11.2. The van der Waals surface area contributed by atoms with Gasteiger partial charge in [0.1, 0.15) is 0 Å². The number of carbonyl (C=O) groups excluding carboxylic acids is 1. The van der Waals surface area contributed by atoms with Crippen LogP contribution in [0.4, 0.5) is 0 Å². The Balaban J connectivity index is 2.81. The Hall–Kier alpha value is -0.440. The summed E-state index contributed by atoms with van der Waals surface area (Å²) in [6, 6.07) is 0. The van der Waals surface area contributed by atoms with Crippen LogP contribution in [0, 0.1) is 0 Å². The van der Waals surface area contributed by atoms with Gasteiger partial charge in [0.05, 0.1) is 10.3 Å². The number of hydrogen-bond donors (Lipinski definition) is 0. The van der Waals surface area contributed by atoms with E-state index >= 15 is 0 Å². The van der Waals surface area contributed by atoms with Gasteiger partial charge in [-0.25, -0.2) is 0 Å². The molecule has 3 heteroatoms. The molecule has 1 saturated heterocycles. The van der Waals surface area contributed by atoms with Crippen molar-refractivity contribution in [2.75, 3.05) is 7.05 Å². The zero-order valence-electron chi connectivity index (χ0n) is 6.42. The molecule has 0 saturated carbocycles. The van der Waals surface area contributed by atoms with Gasteiger partial charge in [-0.1, -0.05) is 17.8 Å². The summed E-state index contributed by atoms with van der Waals surface area (Å²) in [5.41, 5.74) is 0. The fourth-order valence-corrected chi connectivity index (χ4v) is 1.85. The van der Waals surface area contributed by atoms with Gasteiger partial charge in [-0.15, -0.1) is 0 Å². The molecular weight excluding hydrogens is 146 g/mol. The second-order valence-corrected chi connectivity index (χ2v) is 3.64. The third kappa shape index (κ3) is 1.06. The van der Waals surface area contributed by atoms with Crippen LogP contribution < -0.4 is 0 Å². The lowest BCUT2D eigenvalue weighted by Gasteiger charge is -2.11. The van der Waals surface area contributed by atoms with E-state index in [4.69, 9.17) is 0 Å². The zero-order valence-corrected chi connectivity index (χ0v) is 7.23. The molecule has 1 aliphatic heterocycles. The van der Waals surface area contributed by atoms with Crippen LogP contribution in [0.1, 0.15) is 13.8 Å². The van der Waals surface area contributed by atoms with Gasteiger partial charge in [-0.2, -0.15) is 0 Å². The summed E-state index contributed by atoms with van der Waals surface area (Å²) < 4.78 is 0. The van der Waals surface area contributed by atoms with Crippen LogP contribution in [-0.4, -0.2) is 23.2 Å². The summed E-state index contributed by atoms with van der Waals surface area (Å²) in [5.74, 6) is 0.153. The molecule has 0 N–H and O–H groups in total. The normalized spacial score (nSPS) is 30.3. The molecule has 0 aliphatic carbocycles. The second kappa shape index (κ2) is 2.66. The Morgan fingerprint density at radius 3 is 2.50 bits per heavy atom. The summed E-state index contributed by atoms with van der Waals surface area (Å²) in [4.78, 5) is 13.8. The van der Waals surface area contributed by atoms with E-state index in [0.29, 0.717) is 5.37 Å². The summed E-state index contributed by atoms with van der Waals surface area (Å²) in [7, 11) is 1.83. The molecule has 0 aromatic heterocycles. The van der Waals surface area contributed by atoms with Crippen LogP contribution in [0.25, 0.3) is 0 Å². The van der Waals surface area contributed by atoms with Crippen molar-refractivity contribution in [2.45, 2.75) is 19.2 Å². The van der Waals surface area contributed by atoms with E-state index in [1.54, 1.807) is 16.7 Å². The maximum atomic E-state index is 11.2. The van der Waals surface area contributed by atoms with Crippen LogP contribution in [0.15, 0.2) is 11.0 Å². The van der Waals surface area contributed by atoms with Crippen LogP contribution in [0.3, 0.4) is 0 Å². The molecule has 1 atom stereocenters. The lowest BCUT2D eigenvalue weighted by molar-refractivity contribution is -0.124. The molecule has 1 fully saturated rings. The Labute approximate surface area is 65.3 Å². The van der Waals surface area contributed by atoms with Gasteiger partial charge in [0.25, 0.3) is 5.91 Å². The number of allylic oxidation sites excluding steroid dienone is 1. The minimum absolute atomic E-state index is 0.153. The second-order valence-electron chi connectivity index (χ2n) is 2.29. The molecule has 0 radical (unpaired) electrons. The number of rotatable bonds is 0. The quantitative estimate of drug-likeness (QED) is 0.496. The summed E-state index contributed by atoms with van der Waals surface area (Å²) in [6.45, 7) is 3.92. The number of carbonyl (C=O) groups is 1. The van der Waals surface area contributed by atoms with Crippen molar-refractivity contribution in [3.05, 3.63) is 11.0 Å². The van der Waals surface area contributed by atoms with Crippen LogP contribution in [0.5, 0.6) is 0 Å². The predicted octanol–water partition coefficient (Wildman–Crippen LogP) is 1.44. The number of hydrogen-bond acceptors (Lipinski definition) is 2. The standard InChI is InChI=1S/C7H11NOS/c1-4-6-7(9)8(3)5(2)10-6/h4-5H,1-3H3/b6-4-. The fraction of sp³-hybridized carbons (Fsp3) is 0.571. The molecule has 1 unspecified atom stereocenters. The van der Waals surface area contributed by atoms with E-state index in [-0.39, 0.29) is 5.91 Å².